The number of rotatable bonds is 5. The van der Waals surface area contributed by atoms with Gasteiger partial charge in [-0.25, -0.2) is 13.1 Å². The van der Waals surface area contributed by atoms with E-state index in [1.165, 1.54) is 17.8 Å². The van der Waals surface area contributed by atoms with E-state index in [1.807, 2.05) is 13.0 Å². The van der Waals surface area contributed by atoms with Gasteiger partial charge in [0.1, 0.15) is 4.21 Å². The average Bonchev–Trinajstić information content (AvgIpc) is 2.89. The first-order valence-electron chi connectivity index (χ1n) is 6.70. The second-order valence-electron chi connectivity index (χ2n) is 5.15. The van der Waals surface area contributed by atoms with Crippen molar-refractivity contribution in [1.82, 2.24) is 4.72 Å². The van der Waals surface area contributed by atoms with Gasteiger partial charge in [0, 0.05) is 15.7 Å². The van der Waals surface area contributed by atoms with Crippen LogP contribution in [0.5, 0.6) is 0 Å². The molecule has 0 bridgehead atoms. The van der Waals surface area contributed by atoms with E-state index in [-0.39, 0.29) is 5.54 Å². The van der Waals surface area contributed by atoms with E-state index in [0.29, 0.717) is 9.54 Å². The lowest BCUT2D eigenvalue weighted by molar-refractivity contribution is 0.301. The van der Waals surface area contributed by atoms with Gasteiger partial charge in [-0.1, -0.05) is 42.1 Å². The first kappa shape index (κ1) is 15.5. The second-order valence-corrected chi connectivity index (χ2v) is 8.79. The molecule has 2 rings (SSSR count). The van der Waals surface area contributed by atoms with Crippen molar-refractivity contribution < 1.29 is 8.42 Å². The van der Waals surface area contributed by atoms with Gasteiger partial charge in [0.05, 0.1) is 0 Å². The first-order valence-corrected chi connectivity index (χ1v) is 10.1. The Bertz CT molecular complexity index is 519. The second kappa shape index (κ2) is 6.24. The Morgan fingerprint density at radius 2 is 2.00 bits per heavy atom. The number of hydrogen-bond acceptors (Lipinski definition) is 3. The Labute approximate surface area is 128 Å². The maximum absolute atomic E-state index is 12.5. The van der Waals surface area contributed by atoms with E-state index >= 15 is 0 Å². The minimum Gasteiger partial charge on any atom is -0.206 e. The summed E-state index contributed by atoms with van der Waals surface area (Å²) in [6.07, 6.45) is 6.11. The van der Waals surface area contributed by atoms with Crippen molar-refractivity contribution in [2.75, 3.05) is 5.33 Å². The molecule has 0 unspecified atom stereocenters. The molecule has 1 aromatic rings. The summed E-state index contributed by atoms with van der Waals surface area (Å²) in [7, 11) is -3.38. The van der Waals surface area contributed by atoms with Gasteiger partial charge in [0.15, 0.2) is 0 Å². The molecule has 0 spiro atoms. The van der Waals surface area contributed by atoms with Crippen LogP contribution in [0.1, 0.15) is 43.9 Å². The van der Waals surface area contributed by atoms with Gasteiger partial charge in [-0.05, 0) is 31.4 Å². The SMILES string of the molecule is CCc1ccc(S(=O)(=O)NC2(CBr)CCCCC2)s1. The molecule has 0 saturated heterocycles. The summed E-state index contributed by atoms with van der Waals surface area (Å²) in [6, 6.07) is 3.62. The third kappa shape index (κ3) is 3.60. The lowest BCUT2D eigenvalue weighted by Gasteiger charge is -2.36. The fourth-order valence-electron chi connectivity index (χ4n) is 2.52. The summed E-state index contributed by atoms with van der Waals surface area (Å²) in [5, 5.41) is 0.686. The van der Waals surface area contributed by atoms with Gasteiger partial charge in [-0.15, -0.1) is 11.3 Å². The van der Waals surface area contributed by atoms with Crippen LogP contribution < -0.4 is 4.72 Å². The maximum atomic E-state index is 12.5. The number of hydrogen-bond donors (Lipinski definition) is 1. The quantitative estimate of drug-likeness (QED) is 0.808. The minimum atomic E-state index is -3.38. The Kier molecular flexibility index (Phi) is 5.09. The predicted molar refractivity (Wildman–Crippen MR) is 83.6 cm³/mol. The van der Waals surface area contributed by atoms with Crippen molar-refractivity contribution in [3.05, 3.63) is 17.0 Å². The van der Waals surface area contributed by atoms with Crippen LogP contribution in [0.25, 0.3) is 0 Å². The summed E-state index contributed by atoms with van der Waals surface area (Å²) in [5.74, 6) is 0. The van der Waals surface area contributed by atoms with Gasteiger partial charge in [0.2, 0.25) is 0 Å². The van der Waals surface area contributed by atoms with E-state index in [2.05, 4.69) is 20.7 Å². The summed E-state index contributed by atoms with van der Waals surface area (Å²) in [4.78, 5) is 1.11. The van der Waals surface area contributed by atoms with Gasteiger partial charge in [-0.3, -0.25) is 0 Å². The summed E-state index contributed by atoms with van der Waals surface area (Å²) in [6.45, 7) is 2.04. The molecule has 108 valence electrons. The average molecular weight is 366 g/mol. The van der Waals surface area contributed by atoms with Crippen LogP contribution in [-0.4, -0.2) is 19.3 Å². The Morgan fingerprint density at radius 1 is 1.32 bits per heavy atom. The zero-order valence-corrected chi connectivity index (χ0v) is 14.3. The molecule has 1 aliphatic carbocycles. The highest BCUT2D eigenvalue weighted by Gasteiger charge is 2.35. The van der Waals surface area contributed by atoms with E-state index < -0.39 is 10.0 Å². The first-order chi connectivity index (χ1) is 9.01. The molecule has 0 atom stereocenters. The molecule has 1 saturated carbocycles. The van der Waals surface area contributed by atoms with Crippen LogP contribution in [0.4, 0.5) is 0 Å². The van der Waals surface area contributed by atoms with Crippen LogP contribution in [0, 0.1) is 0 Å². The molecular formula is C13H20BrNO2S2. The topological polar surface area (TPSA) is 46.2 Å². The van der Waals surface area contributed by atoms with E-state index in [9.17, 15) is 8.42 Å². The van der Waals surface area contributed by atoms with E-state index in [4.69, 9.17) is 0 Å². The molecule has 19 heavy (non-hydrogen) atoms. The normalized spacial score (nSPS) is 19.5. The highest BCUT2D eigenvalue weighted by molar-refractivity contribution is 9.09. The number of aryl methyl sites for hydroxylation is 1. The molecule has 1 fully saturated rings. The highest BCUT2D eigenvalue weighted by atomic mass is 79.9. The fourth-order valence-corrected chi connectivity index (χ4v) is 6.16. The van der Waals surface area contributed by atoms with Crippen molar-refractivity contribution in [1.29, 1.82) is 0 Å². The Morgan fingerprint density at radius 3 is 2.53 bits per heavy atom. The third-order valence-corrected chi connectivity index (χ3v) is 8.04. The van der Waals surface area contributed by atoms with Crippen molar-refractivity contribution in [3.63, 3.8) is 0 Å². The summed E-state index contributed by atoms with van der Waals surface area (Å²) >= 11 is 4.86. The molecule has 0 aromatic carbocycles. The van der Waals surface area contributed by atoms with Crippen LogP contribution >= 0.6 is 27.3 Å². The van der Waals surface area contributed by atoms with Crippen molar-refractivity contribution in [2.45, 2.75) is 55.2 Å². The number of thiophene rings is 1. The maximum Gasteiger partial charge on any atom is 0.250 e. The lowest BCUT2D eigenvalue weighted by Crippen LogP contribution is -2.50. The molecule has 3 nitrogen and oxygen atoms in total. The van der Waals surface area contributed by atoms with Gasteiger partial charge in [-0.2, -0.15) is 0 Å². The monoisotopic (exact) mass is 365 g/mol. The molecular weight excluding hydrogens is 346 g/mol. The number of alkyl halides is 1. The Balaban J connectivity index is 2.19. The minimum absolute atomic E-state index is 0.298. The molecule has 1 N–H and O–H groups in total. The molecule has 1 aliphatic rings. The number of halogens is 1. The fraction of sp³-hybridized carbons (Fsp3) is 0.692. The van der Waals surface area contributed by atoms with Crippen molar-refractivity contribution in [3.8, 4) is 0 Å². The Hall–Kier alpha value is 0.0900. The highest BCUT2D eigenvalue weighted by Crippen LogP contribution is 2.32. The zero-order chi connectivity index (χ0) is 13.9. The molecule has 0 radical (unpaired) electrons. The molecule has 0 amide bonds. The molecule has 0 aliphatic heterocycles. The van der Waals surface area contributed by atoms with E-state index in [0.717, 1.165) is 37.0 Å². The van der Waals surface area contributed by atoms with Crippen molar-refractivity contribution in [2.24, 2.45) is 0 Å². The van der Waals surface area contributed by atoms with Gasteiger partial charge in [0.25, 0.3) is 10.0 Å². The summed E-state index contributed by atoms with van der Waals surface area (Å²) in [5.41, 5.74) is -0.298. The van der Waals surface area contributed by atoms with Crippen LogP contribution in [0.3, 0.4) is 0 Å². The van der Waals surface area contributed by atoms with Crippen molar-refractivity contribution >= 4 is 37.3 Å². The van der Waals surface area contributed by atoms with E-state index in [1.54, 1.807) is 6.07 Å². The predicted octanol–water partition coefficient (Wildman–Crippen LogP) is 3.69. The third-order valence-electron chi connectivity index (χ3n) is 3.67. The smallest absolute Gasteiger partial charge is 0.206 e. The van der Waals surface area contributed by atoms with Gasteiger partial charge >= 0.3 is 0 Å². The van der Waals surface area contributed by atoms with Crippen LogP contribution in [0.2, 0.25) is 0 Å². The van der Waals surface area contributed by atoms with Gasteiger partial charge < -0.3 is 0 Å². The number of sulfonamides is 1. The largest absolute Gasteiger partial charge is 0.250 e. The van der Waals surface area contributed by atoms with Crippen LogP contribution in [-0.2, 0) is 16.4 Å². The zero-order valence-electron chi connectivity index (χ0n) is 11.1. The standard InChI is InChI=1S/C13H20BrNO2S2/c1-2-11-6-7-12(18-11)19(16,17)15-13(10-14)8-4-3-5-9-13/h6-7,15H,2-5,8-10H2,1H3. The lowest BCUT2D eigenvalue weighted by atomic mass is 9.84. The number of nitrogens with one attached hydrogen (secondary N) is 1. The van der Waals surface area contributed by atoms with Crippen LogP contribution in [0.15, 0.2) is 16.3 Å². The molecule has 6 heteroatoms. The summed E-state index contributed by atoms with van der Waals surface area (Å²) < 4.78 is 28.3. The molecule has 1 aromatic heterocycles. The molecule has 1 heterocycles.